The minimum absolute atomic E-state index is 0.0979. The maximum absolute atomic E-state index is 12.5. The maximum Gasteiger partial charge on any atom is 0.409 e. The van der Waals surface area contributed by atoms with Gasteiger partial charge in [0.25, 0.3) is 5.91 Å². The predicted octanol–water partition coefficient (Wildman–Crippen LogP) is 6.65. The first-order chi connectivity index (χ1) is 22.2. The number of carbonyl (C=O) groups is 4. The monoisotopic (exact) mass is 791 g/mol. The molecule has 0 unspecified atom stereocenters. The fourth-order valence-corrected chi connectivity index (χ4v) is 7.16. The number of carboxylic acid groups (broad SMARTS) is 1. The molecule has 5 rings (SSSR count). The van der Waals surface area contributed by atoms with Gasteiger partial charge in [0.2, 0.25) is 10.9 Å². The van der Waals surface area contributed by atoms with Crippen LogP contribution in [0.3, 0.4) is 0 Å². The molecule has 0 atom stereocenters. The molecule has 1 fully saturated rings. The molecule has 3 amide bonds. The lowest BCUT2D eigenvalue weighted by atomic mass is 10.2. The maximum atomic E-state index is 12.5. The van der Waals surface area contributed by atoms with E-state index in [-0.39, 0.29) is 34.5 Å². The topological polar surface area (TPSA) is 142 Å². The van der Waals surface area contributed by atoms with Crippen LogP contribution in [0, 0.1) is 0 Å². The van der Waals surface area contributed by atoms with Crippen LogP contribution in [0.2, 0.25) is 0 Å². The van der Waals surface area contributed by atoms with E-state index in [0.29, 0.717) is 44.2 Å². The normalized spacial score (nSPS) is 12.6. The lowest BCUT2D eigenvalue weighted by Crippen LogP contribution is -2.52. The highest BCUT2D eigenvalue weighted by Crippen LogP contribution is 2.33. The number of aromatic nitrogens is 2. The average molecular weight is 794 g/mol. The third-order valence-corrected chi connectivity index (χ3v) is 10.1. The molecule has 1 aliphatic heterocycles. The molecule has 1 aliphatic rings. The summed E-state index contributed by atoms with van der Waals surface area (Å²) in [5, 5.41) is 11.8. The molecule has 0 radical (unpaired) electrons. The second kappa shape index (κ2) is 17.3. The van der Waals surface area contributed by atoms with Crippen molar-refractivity contribution in [2.45, 2.75) is 19.8 Å². The zero-order valence-corrected chi connectivity index (χ0v) is 29.6. The van der Waals surface area contributed by atoms with Crippen molar-refractivity contribution in [3.8, 4) is 22.5 Å². The number of halogens is 2. The lowest BCUT2D eigenvalue weighted by molar-refractivity contribution is -0.131. The van der Waals surface area contributed by atoms with Crippen molar-refractivity contribution < 1.29 is 29.0 Å². The van der Waals surface area contributed by atoms with E-state index in [9.17, 15) is 19.2 Å². The molecule has 2 N–H and O–H groups in total. The summed E-state index contributed by atoms with van der Waals surface area (Å²) >= 11 is 9.12. The van der Waals surface area contributed by atoms with E-state index in [1.165, 1.54) is 11.3 Å². The number of amides is 3. The summed E-state index contributed by atoms with van der Waals surface area (Å²) in [7, 11) is 0. The Kier molecular flexibility index (Phi) is 13.2. The minimum atomic E-state index is -0.997. The highest BCUT2D eigenvalue weighted by atomic mass is 79.9. The van der Waals surface area contributed by atoms with E-state index in [1.54, 1.807) is 9.80 Å². The number of thiazole rings is 2. The lowest BCUT2D eigenvalue weighted by Gasteiger charge is -2.34. The van der Waals surface area contributed by atoms with Crippen LogP contribution in [0.5, 0.6) is 0 Å². The van der Waals surface area contributed by atoms with Gasteiger partial charge in [-0.3, -0.25) is 9.59 Å². The van der Waals surface area contributed by atoms with Crippen molar-refractivity contribution in [1.29, 1.82) is 0 Å². The Morgan fingerprint density at radius 2 is 1.33 bits per heavy atom. The van der Waals surface area contributed by atoms with Gasteiger partial charge in [0.1, 0.15) is 0 Å². The Bertz CT molecular complexity index is 1640. The molecule has 2 aromatic carbocycles. The van der Waals surface area contributed by atoms with Gasteiger partial charge < -0.3 is 25.0 Å². The molecule has 242 valence electrons. The molecule has 0 aliphatic carbocycles. The Morgan fingerprint density at radius 1 is 0.826 bits per heavy atom. The smallest absolute Gasteiger partial charge is 0.409 e. The van der Waals surface area contributed by atoms with Gasteiger partial charge in [-0.15, -0.1) is 11.3 Å². The molecule has 4 aromatic rings. The number of nitrogens with zero attached hydrogens (tertiary/aromatic N) is 4. The Morgan fingerprint density at radius 3 is 1.83 bits per heavy atom. The summed E-state index contributed by atoms with van der Waals surface area (Å²) in [6, 6.07) is 19.0. The van der Waals surface area contributed by atoms with Gasteiger partial charge in [0.15, 0.2) is 5.01 Å². The fourth-order valence-electron chi connectivity index (χ4n) is 4.22. The number of benzene rings is 2. The number of nitrogens with one attached hydrogen (secondary N) is 1. The van der Waals surface area contributed by atoms with E-state index in [4.69, 9.17) is 9.84 Å². The van der Waals surface area contributed by atoms with Crippen LogP contribution in [-0.2, 0) is 9.53 Å². The summed E-state index contributed by atoms with van der Waals surface area (Å²) in [6.45, 7) is 4.01. The van der Waals surface area contributed by atoms with Gasteiger partial charge in [-0.05, 0) is 38.3 Å². The quantitative estimate of drug-likeness (QED) is 0.180. The SMILES string of the molecule is CCCCOC(=O)N1CCN(C(=O)CNC(=O)c2nc(-c3ccccc3)c(Br)s2)CC1.O=C(O)c1nc(-c2ccccc2)c(Br)s1. The van der Waals surface area contributed by atoms with E-state index in [2.05, 4.69) is 47.1 Å². The van der Waals surface area contributed by atoms with Gasteiger partial charge in [-0.1, -0.05) is 85.3 Å². The third kappa shape index (κ3) is 9.67. The minimum Gasteiger partial charge on any atom is -0.476 e. The van der Waals surface area contributed by atoms with E-state index in [0.717, 1.165) is 42.9 Å². The molecule has 46 heavy (non-hydrogen) atoms. The van der Waals surface area contributed by atoms with Crippen LogP contribution >= 0.6 is 54.5 Å². The molecule has 0 spiro atoms. The Hall–Kier alpha value is -3.66. The second-order valence-corrected chi connectivity index (χ2v) is 14.5. The summed E-state index contributed by atoms with van der Waals surface area (Å²) in [6.07, 6.45) is 1.47. The number of aromatic carboxylic acids is 1. The summed E-state index contributed by atoms with van der Waals surface area (Å²) in [5.74, 6) is -1.58. The highest BCUT2D eigenvalue weighted by molar-refractivity contribution is 9.11. The Balaban J connectivity index is 0.000000266. The molecule has 15 heteroatoms. The standard InChI is InChI=1S/C21H25BrN4O4S.C10H6BrNO2S/c1-2-3-13-30-21(29)26-11-9-25(10-12-26)16(27)14-23-19(28)20-24-17(18(22)31-20)15-7-5-4-6-8-15;11-8-7(6-4-2-1-3-5-6)12-9(15-8)10(13)14/h4-8H,2-3,9-14H2,1H3,(H,23,28);1-5H,(H,13,14). The van der Waals surface area contributed by atoms with Crippen LogP contribution in [0.15, 0.2) is 68.2 Å². The van der Waals surface area contributed by atoms with Crippen molar-refractivity contribution in [1.82, 2.24) is 25.1 Å². The molecule has 3 heterocycles. The molecular formula is C31H31Br2N5O6S2. The molecule has 0 bridgehead atoms. The van der Waals surface area contributed by atoms with Crippen LogP contribution in [0.4, 0.5) is 4.79 Å². The fraction of sp³-hybridized carbons (Fsp3) is 0.290. The molecule has 0 saturated carbocycles. The molecule has 2 aromatic heterocycles. The van der Waals surface area contributed by atoms with Crippen molar-refractivity contribution in [3.05, 3.63) is 78.3 Å². The Labute approximate surface area is 290 Å². The number of ether oxygens (including phenoxy) is 1. The average Bonchev–Trinajstić information content (AvgIpc) is 3.67. The number of piperazine rings is 1. The zero-order chi connectivity index (χ0) is 33.1. The van der Waals surface area contributed by atoms with Gasteiger partial charge in [0.05, 0.1) is 32.1 Å². The van der Waals surface area contributed by atoms with E-state index >= 15 is 0 Å². The van der Waals surface area contributed by atoms with Crippen LogP contribution in [0.25, 0.3) is 22.5 Å². The van der Waals surface area contributed by atoms with Crippen molar-refractivity contribution >= 4 is 78.4 Å². The van der Waals surface area contributed by atoms with E-state index in [1.807, 2.05) is 67.6 Å². The van der Waals surface area contributed by atoms with Crippen molar-refractivity contribution in [2.24, 2.45) is 0 Å². The van der Waals surface area contributed by atoms with Gasteiger partial charge in [-0.2, -0.15) is 0 Å². The van der Waals surface area contributed by atoms with Gasteiger partial charge in [0, 0.05) is 37.3 Å². The van der Waals surface area contributed by atoms with Crippen molar-refractivity contribution in [2.75, 3.05) is 39.3 Å². The number of carboxylic acids is 1. The van der Waals surface area contributed by atoms with Gasteiger partial charge in [-0.25, -0.2) is 19.6 Å². The first-order valence-electron chi connectivity index (χ1n) is 14.3. The first-order valence-corrected chi connectivity index (χ1v) is 17.5. The third-order valence-electron chi connectivity index (χ3n) is 6.66. The van der Waals surface area contributed by atoms with Crippen LogP contribution in [0.1, 0.15) is 39.4 Å². The zero-order valence-electron chi connectivity index (χ0n) is 24.8. The second-order valence-electron chi connectivity index (χ2n) is 9.84. The summed E-state index contributed by atoms with van der Waals surface area (Å²) in [4.78, 5) is 59.4. The van der Waals surface area contributed by atoms with Gasteiger partial charge >= 0.3 is 12.1 Å². The molecular weight excluding hydrogens is 762 g/mol. The number of hydrogen-bond donors (Lipinski definition) is 2. The first kappa shape index (κ1) is 35.2. The van der Waals surface area contributed by atoms with Crippen LogP contribution in [-0.4, -0.2) is 88.1 Å². The van der Waals surface area contributed by atoms with E-state index < -0.39 is 5.97 Å². The number of hydrogen-bond acceptors (Lipinski definition) is 9. The summed E-state index contributed by atoms with van der Waals surface area (Å²) in [5.41, 5.74) is 3.20. The van der Waals surface area contributed by atoms with Crippen LogP contribution < -0.4 is 5.32 Å². The predicted molar refractivity (Wildman–Crippen MR) is 184 cm³/mol. The number of rotatable bonds is 9. The van der Waals surface area contributed by atoms with Crippen molar-refractivity contribution in [3.63, 3.8) is 0 Å². The number of carbonyl (C=O) groups excluding carboxylic acids is 3. The highest BCUT2D eigenvalue weighted by Gasteiger charge is 2.25. The molecule has 1 saturated heterocycles. The largest absolute Gasteiger partial charge is 0.476 e. The number of unbranched alkanes of at least 4 members (excludes halogenated alkanes) is 1. The molecule has 11 nitrogen and oxygen atoms in total. The summed E-state index contributed by atoms with van der Waals surface area (Å²) < 4.78 is 6.71.